The highest BCUT2D eigenvalue weighted by Crippen LogP contribution is 2.29. The van der Waals surface area contributed by atoms with Gasteiger partial charge in [-0.1, -0.05) is 58.4 Å². The van der Waals surface area contributed by atoms with Crippen LogP contribution < -0.4 is 10.6 Å². The van der Waals surface area contributed by atoms with Crippen LogP contribution in [0.1, 0.15) is 24.1 Å². The van der Waals surface area contributed by atoms with Gasteiger partial charge < -0.3 is 15.4 Å². The summed E-state index contributed by atoms with van der Waals surface area (Å²) in [7, 11) is 0. The largest absolute Gasteiger partial charge is 0.457 e. The number of thiocarbonyl (C=S) groups is 1. The summed E-state index contributed by atoms with van der Waals surface area (Å²) in [5.74, 6) is -0.367. The average molecular weight is 417 g/mol. The molecule has 0 spiro atoms. The van der Waals surface area contributed by atoms with Gasteiger partial charge in [-0.15, -0.1) is 0 Å². The molecule has 0 bridgehead atoms. The minimum absolute atomic E-state index is 0.228. The zero-order chi connectivity index (χ0) is 17.8. The van der Waals surface area contributed by atoms with Gasteiger partial charge in [-0.25, -0.2) is 4.79 Å². The molecule has 0 saturated carbocycles. The van der Waals surface area contributed by atoms with Gasteiger partial charge in [-0.3, -0.25) is 0 Å². The number of allylic oxidation sites excluding steroid dienone is 1. The summed E-state index contributed by atoms with van der Waals surface area (Å²) in [4.78, 5) is 12.7. The molecule has 3 rings (SSSR count). The second kappa shape index (κ2) is 7.80. The van der Waals surface area contributed by atoms with Crippen molar-refractivity contribution in [2.75, 3.05) is 0 Å². The zero-order valence-corrected chi connectivity index (χ0v) is 16.0. The highest BCUT2D eigenvalue weighted by molar-refractivity contribution is 9.10. The lowest BCUT2D eigenvalue weighted by atomic mass is 9.96. The normalized spacial score (nSPS) is 16.9. The van der Waals surface area contributed by atoms with Crippen molar-refractivity contribution in [1.82, 2.24) is 10.6 Å². The van der Waals surface area contributed by atoms with Crippen LogP contribution in [0.15, 0.2) is 70.3 Å². The Labute approximate surface area is 160 Å². The van der Waals surface area contributed by atoms with E-state index in [1.165, 1.54) is 0 Å². The molecule has 1 aliphatic heterocycles. The smallest absolute Gasteiger partial charge is 0.338 e. The molecule has 0 aliphatic carbocycles. The number of halogens is 1. The Morgan fingerprint density at radius 3 is 2.68 bits per heavy atom. The molecule has 4 nitrogen and oxygen atoms in total. The van der Waals surface area contributed by atoms with E-state index in [4.69, 9.17) is 17.0 Å². The van der Waals surface area contributed by atoms with Crippen molar-refractivity contribution in [3.8, 4) is 0 Å². The summed E-state index contributed by atoms with van der Waals surface area (Å²) < 4.78 is 6.46. The SMILES string of the molecule is CC1=C(C(=O)OCc2ccccc2)[C@@H](c2cccc(Br)c2)NC(=S)N1. The molecule has 25 heavy (non-hydrogen) atoms. The number of rotatable bonds is 4. The molecule has 2 aromatic rings. The Morgan fingerprint density at radius 2 is 1.96 bits per heavy atom. The number of carbonyl (C=O) groups excluding carboxylic acids is 1. The van der Waals surface area contributed by atoms with Gasteiger partial charge in [0.2, 0.25) is 0 Å². The Balaban J connectivity index is 1.85. The summed E-state index contributed by atoms with van der Waals surface area (Å²) in [6, 6.07) is 17.0. The van der Waals surface area contributed by atoms with Crippen LogP contribution in [0, 0.1) is 0 Å². The van der Waals surface area contributed by atoms with Crippen LogP contribution in [0.4, 0.5) is 0 Å². The molecule has 2 aromatic carbocycles. The Bertz CT molecular complexity index is 836. The summed E-state index contributed by atoms with van der Waals surface area (Å²) in [5.41, 5.74) is 3.11. The molecule has 0 unspecified atom stereocenters. The molecular weight excluding hydrogens is 400 g/mol. The van der Waals surface area contributed by atoms with E-state index >= 15 is 0 Å². The molecule has 1 atom stereocenters. The third kappa shape index (κ3) is 4.27. The second-order valence-electron chi connectivity index (χ2n) is 5.69. The maximum absolute atomic E-state index is 12.7. The topological polar surface area (TPSA) is 50.4 Å². The number of benzene rings is 2. The van der Waals surface area contributed by atoms with E-state index in [1.54, 1.807) is 0 Å². The molecule has 0 fully saturated rings. The number of carbonyl (C=O) groups is 1. The van der Waals surface area contributed by atoms with Gasteiger partial charge in [0, 0.05) is 10.2 Å². The minimum atomic E-state index is -0.367. The summed E-state index contributed by atoms with van der Waals surface area (Å²) in [5, 5.41) is 6.66. The van der Waals surface area contributed by atoms with Crippen LogP contribution in [-0.2, 0) is 16.1 Å². The standard InChI is InChI=1S/C19H17BrN2O2S/c1-12-16(18(23)24-11-13-6-3-2-4-7-13)17(22-19(25)21-12)14-8-5-9-15(20)10-14/h2-10,17H,11H2,1H3,(H2,21,22,25)/t17-/m1/s1. The van der Waals surface area contributed by atoms with Crippen LogP contribution in [0.5, 0.6) is 0 Å². The number of nitrogens with one attached hydrogen (secondary N) is 2. The van der Waals surface area contributed by atoms with Gasteiger partial charge >= 0.3 is 5.97 Å². The fraction of sp³-hybridized carbons (Fsp3) is 0.158. The molecule has 0 radical (unpaired) electrons. The van der Waals surface area contributed by atoms with Crippen LogP contribution in [0.2, 0.25) is 0 Å². The van der Waals surface area contributed by atoms with E-state index in [9.17, 15) is 4.79 Å². The lowest BCUT2D eigenvalue weighted by Gasteiger charge is -2.30. The number of esters is 1. The van der Waals surface area contributed by atoms with Gasteiger partial charge in [0.15, 0.2) is 5.11 Å². The van der Waals surface area contributed by atoms with Crippen LogP contribution >= 0.6 is 28.1 Å². The number of ether oxygens (including phenoxy) is 1. The maximum atomic E-state index is 12.7. The Morgan fingerprint density at radius 1 is 1.20 bits per heavy atom. The molecule has 0 amide bonds. The van der Waals surface area contributed by atoms with Gasteiger partial charge in [0.25, 0.3) is 0 Å². The number of hydrogen-bond acceptors (Lipinski definition) is 3. The highest BCUT2D eigenvalue weighted by Gasteiger charge is 2.31. The highest BCUT2D eigenvalue weighted by atomic mass is 79.9. The first kappa shape index (κ1) is 17.6. The van der Waals surface area contributed by atoms with Gasteiger partial charge in [-0.2, -0.15) is 0 Å². The minimum Gasteiger partial charge on any atom is -0.457 e. The lowest BCUT2D eigenvalue weighted by molar-refractivity contribution is -0.140. The predicted molar refractivity (Wildman–Crippen MR) is 105 cm³/mol. The van der Waals surface area contributed by atoms with Crippen LogP contribution in [0.25, 0.3) is 0 Å². The first-order valence-corrected chi connectivity index (χ1v) is 8.99. The molecule has 0 aromatic heterocycles. The van der Waals surface area contributed by atoms with E-state index in [2.05, 4.69) is 26.6 Å². The van der Waals surface area contributed by atoms with Crippen molar-refractivity contribution in [2.45, 2.75) is 19.6 Å². The monoisotopic (exact) mass is 416 g/mol. The maximum Gasteiger partial charge on any atom is 0.338 e. The molecule has 2 N–H and O–H groups in total. The predicted octanol–water partition coefficient (Wildman–Crippen LogP) is 3.99. The van der Waals surface area contributed by atoms with Crippen LogP contribution in [-0.4, -0.2) is 11.1 Å². The third-order valence-electron chi connectivity index (χ3n) is 3.88. The van der Waals surface area contributed by atoms with E-state index in [-0.39, 0.29) is 18.6 Å². The van der Waals surface area contributed by atoms with Gasteiger partial charge in [0.05, 0.1) is 11.6 Å². The third-order valence-corrected chi connectivity index (χ3v) is 4.60. The van der Waals surface area contributed by atoms with Crippen LogP contribution in [0.3, 0.4) is 0 Å². The molecule has 1 heterocycles. The number of hydrogen-bond donors (Lipinski definition) is 2. The van der Waals surface area contributed by atoms with Crippen molar-refractivity contribution >= 4 is 39.2 Å². The first-order valence-electron chi connectivity index (χ1n) is 7.79. The molecule has 1 aliphatic rings. The van der Waals surface area contributed by atoms with E-state index in [0.29, 0.717) is 16.4 Å². The quantitative estimate of drug-likeness (QED) is 0.582. The molecule has 6 heteroatoms. The Hall–Kier alpha value is -2.18. The zero-order valence-electron chi connectivity index (χ0n) is 13.6. The second-order valence-corrected chi connectivity index (χ2v) is 7.01. The fourth-order valence-corrected chi connectivity index (χ4v) is 3.39. The molecule has 0 saturated heterocycles. The summed E-state index contributed by atoms with van der Waals surface area (Å²) >= 11 is 8.72. The molecular formula is C19H17BrN2O2S. The Kier molecular flexibility index (Phi) is 5.50. The van der Waals surface area contributed by atoms with E-state index in [0.717, 1.165) is 15.6 Å². The molecule has 128 valence electrons. The van der Waals surface area contributed by atoms with Crippen molar-refractivity contribution in [3.05, 3.63) is 81.5 Å². The van der Waals surface area contributed by atoms with Crippen molar-refractivity contribution < 1.29 is 9.53 Å². The average Bonchev–Trinajstić information content (AvgIpc) is 2.60. The lowest BCUT2D eigenvalue weighted by Crippen LogP contribution is -2.45. The van der Waals surface area contributed by atoms with Gasteiger partial charge in [0.1, 0.15) is 6.61 Å². The fourth-order valence-electron chi connectivity index (χ4n) is 2.70. The summed E-state index contributed by atoms with van der Waals surface area (Å²) in [6.45, 7) is 2.06. The van der Waals surface area contributed by atoms with E-state index < -0.39 is 0 Å². The van der Waals surface area contributed by atoms with Crippen molar-refractivity contribution in [1.29, 1.82) is 0 Å². The first-order chi connectivity index (χ1) is 12.0. The van der Waals surface area contributed by atoms with Crippen molar-refractivity contribution in [2.24, 2.45) is 0 Å². The van der Waals surface area contributed by atoms with Crippen molar-refractivity contribution in [3.63, 3.8) is 0 Å². The van der Waals surface area contributed by atoms with E-state index in [1.807, 2.05) is 61.5 Å². The van der Waals surface area contributed by atoms with Gasteiger partial charge in [-0.05, 0) is 42.4 Å². The summed E-state index contributed by atoms with van der Waals surface area (Å²) in [6.07, 6.45) is 0.